The summed E-state index contributed by atoms with van der Waals surface area (Å²) in [5.74, 6) is 1.90. The highest BCUT2D eigenvalue weighted by molar-refractivity contribution is 7.26. The fourth-order valence-corrected chi connectivity index (χ4v) is 9.11. The highest BCUT2D eigenvalue weighted by Gasteiger charge is 2.18. The highest BCUT2D eigenvalue weighted by Crippen LogP contribution is 2.44. The normalized spacial score (nSPS) is 11.6. The van der Waals surface area contributed by atoms with Gasteiger partial charge in [-0.25, -0.2) is 15.0 Å². The molecule has 4 nitrogen and oxygen atoms in total. The molecule has 8 aromatic carbocycles. The van der Waals surface area contributed by atoms with E-state index in [4.69, 9.17) is 19.4 Å². The van der Waals surface area contributed by atoms with Crippen molar-refractivity contribution >= 4 is 53.4 Å². The molecular formula is C51H31N3OS. The average Bonchev–Trinajstić information content (AvgIpc) is 3.85. The van der Waals surface area contributed by atoms with E-state index in [1.165, 1.54) is 36.9 Å². The smallest absolute Gasteiger partial charge is 0.164 e. The lowest BCUT2D eigenvalue weighted by Gasteiger charge is -2.10. The Morgan fingerprint density at radius 2 is 0.911 bits per heavy atom. The van der Waals surface area contributed by atoms with E-state index >= 15 is 0 Å². The van der Waals surface area contributed by atoms with Crippen LogP contribution in [-0.2, 0) is 0 Å². The largest absolute Gasteiger partial charge is 0.456 e. The molecule has 3 heterocycles. The maximum Gasteiger partial charge on any atom is 0.164 e. The standard InChI is InChI=1S/C51H31N3OS/c1-4-13-32(14-5-1)35-25-27-41-42-23-11-22-40(48(42)56-46(41)31-35)37-26-28-44-43(30-37)47-39(21-12-24-45(47)55-44)36-19-10-20-38(29-36)51-53-49(33-15-6-2-7-16-33)52-50(54-51)34-17-8-3-9-18-34/h1-31H. The van der Waals surface area contributed by atoms with Crippen LogP contribution in [0, 0.1) is 0 Å². The third-order valence-corrected chi connectivity index (χ3v) is 11.7. The van der Waals surface area contributed by atoms with Gasteiger partial charge in [0, 0.05) is 47.6 Å². The second kappa shape index (κ2) is 13.3. The molecule has 3 aromatic heterocycles. The van der Waals surface area contributed by atoms with Crippen molar-refractivity contribution in [2.45, 2.75) is 0 Å². The zero-order valence-corrected chi connectivity index (χ0v) is 30.9. The molecule has 0 aliphatic carbocycles. The summed E-state index contributed by atoms with van der Waals surface area (Å²) in [5.41, 5.74) is 11.5. The van der Waals surface area contributed by atoms with E-state index in [-0.39, 0.29) is 0 Å². The molecule has 0 aliphatic rings. The molecule has 11 aromatic rings. The van der Waals surface area contributed by atoms with Crippen LogP contribution in [0.25, 0.3) is 110 Å². The zero-order valence-electron chi connectivity index (χ0n) is 30.1. The van der Waals surface area contributed by atoms with Gasteiger partial charge in [0.15, 0.2) is 17.5 Å². The monoisotopic (exact) mass is 733 g/mol. The topological polar surface area (TPSA) is 51.8 Å². The Kier molecular flexibility index (Phi) is 7.64. The molecule has 0 saturated carbocycles. The minimum absolute atomic E-state index is 0.624. The molecular weight excluding hydrogens is 703 g/mol. The van der Waals surface area contributed by atoms with Gasteiger partial charge in [-0.3, -0.25) is 0 Å². The lowest BCUT2D eigenvalue weighted by molar-refractivity contribution is 0.669. The Morgan fingerprint density at radius 1 is 0.339 bits per heavy atom. The number of thiophene rings is 1. The van der Waals surface area contributed by atoms with Gasteiger partial charge in [-0.05, 0) is 63.7 Å². The molecule has 0 radical (unpaired) electrons. The number of rotatable bonds is 6. The fourth-order valence-electron chi connectivity index (χ4n) is 7.83. The molecule has 0 amide bonds. The summed E-state index contributed by atoms with van der Waals surface area (Å²) in [5, 5.41) is 4.73. The summed E-state index contributed by atoms with van der Waals surface area (Å²) < 4.78 is 9.08. The van der Waals surface area contributed by atoms with E-state index in [0.29, 0.717) is 17.5 Å². The van der Waals surface area contributed by atoms with Gasteiger partial charge in [-0.1, -0.05) is 158 Å². The fraction of sp³-hybridized carbons (Fsp3) is 0. The lowest BCUT2D eigenvalue weighted by atomic mass is 9.96. The van der Waals surface area contributed by atoms with Crippen LogP contribution in [0.15, 0.2) is 192 Å². The molecule has 262 valence electrons. The first-order valence-electron chi connectivity index (χ1n) is 18.7. The third kappa shape index (κ3) is 5.56. The molecule has 0 unspecified atom stereocenters. The maximum absolute atomic E-state index is 6.51. The number of benzene rings is 8. The van der Waals surface area contributed by atoms with Crippen molar-refractivity contribution in [2.24, 2.45) is 0 Å². The highest BCUT2D eigenvalue weighted by atomic mass is 32.1. The van der Waals surface area contributed by atoms with Gasteiger partial charge in [0.2, 0.25) is 0 Å². The van der Waals surface area contributed by atoms with Crippen LogP contribution in [0.1, 0.15) is 0 Å². The summed E-state index contributed by atoms with van der Waals surface area (Å²) in [6.07, 6.45) is 0. The molecule has 0 aliphatic heterocycles. The van der Waals surface area contributed by atoms with Crippen molar-refractivity contribution < 1.29 is 4.42 Å². The molecule has 0 saturated heterocycles. The van der Waals surface area contributed by atoms with Gasteiger partial charge in [-0.15, -0.1) is 11.3 Å². The van der Waals surface area contributed by atoms with Crippen molar-refractivity contribution in [1.82, 2.24) is 15.0 Å². The Morgan fingerprint density at radius 3 is 1.64 bits per heavy atom. The summed E-state index contributed by atoms with van der Waals surface area (Å²) in [6, 6.07) is 65.7. The molecule has 5 heteroatoms. The number of hydrogen-bond acceptors (Lipinski definition) is 5. The Balaban J connectivity index is 1.04. The van der Waals surface area contributed by atoms with Crippen LogP contribution < -0.4 is 0 Å². The van der Waals surface area contributed by atoms with Crippen molar-refractivity contribution in [3.63, 3.8) is 0 Å². The van der Waals surface area contributed by atoms with Gasteiger partial charge in [-0.2, -0.15) is 0 Å². The Labute approximate surface area is 327 Å². The van der Waals surface area contributed by atoms with Crippen LogP contribution in [0.2, 0.25) is 0 Å². The second-order valence-electron chi connectivity index (χ2n) is 14.0. The number of aromatic nitrogens is 3. The summed E-state index contributed by atoms with van der Waals surface area (Å²) >= 11 is 1.86. The van der Waals surface area contributed by atoms with E-state index in [2.05, 4.69) is 127 Å². The number of fused-ring (bicyclic) bond motifs is 6. The number of hydrogen-bond donors (Lipinski definition) is 0. The summed E-state index contributed by atoms with van der Waals surface area (Å²) in [6.45, 7) is 0. The predicted molar refractivity (Wildman–Crippen MR) is 233 cm³/mol. The van der Waals surface area contributed by atoms with Crippen molar-refractivity contribution in [1.29, 1.82) is 0 Å². The van der Waals surface area contributed by atoms with E-state index in [1.54, 1.807) is 0 Å². The van der Waals surface area contributed by atoms with Crippen LogP contribution in [-0.4, -0.2) is 15.0 Å². The van der Waals surface area contributed by atoms with E-state index < -0.39 is 0 Å². The van der Waals surface area contributed by atoms with Crippen LogP contribution in [0.3, 0.4) is 0 Å². The van der Waals surface area contributed by atoms with Gasteiger partial charge < -0.3 is 4.42 Å². The van der Waals surface area contributed by atoms with E-state index in [0.717, 1.165) is 55.3 Å². The van der Waals surface area contributed by atoms with Gasteiger partial charge in [0.1, 0.15) is 11.2 Å². The minimum atomic E-state index is 0.624. The maximum atomic E-state index is 6.51. The van der Waals surface area contributed by atoms with Crippen molar-refractivity contribution in [2.75, 3.05) is 0 Å². The first-order valence-corrected chi connectivity index (χ1v) is 19.5. The number of furan rings is 1. The molecule has 11 rings (SSSR count). The minimum Gasteiger partial charge on any atom is -0.456 e. The SMILES string of the molecule is c1ccc(-c2ccc3c(c2)sc2c(-c4ccc5oc6cccc(-c7cccc(-c8nc(-c9ccccc9)nc(-c9ccccc9)n8)c7)c6c5c4)cccc23)cc1. The Hall–Kier alpha value is -7.21. The van der Waals surface area contributed by atoms with E-state index in [9.17, 15) is 0 Å². The van der Waals surface area contributed by atoms with Crippen LogP contribution in [0.5, 0.6) is 0 Å². The third-order valence-electron chi connectivity index (χ3n) is 10.5. The summed E-state index contributed by atoms with van der Waals surface area (Å²) in [7, 11) is 0. The lowest BCUT2D eigenvalue weighted by Crippen LogP contribution is -2.00. The molecule has 0 fully saturated rings. The Bertz CT molecular complexity index is 3180. The van der Waals surface area contributed by atoms with Crippen LogP contribution >= 0.6 is 11.3 Å². The molecule has 0 bridgehead atoms. The molecule has 56 heavy (non-hydrogen) atoms. The van der Waals surface area contributed by atoms with Gasteiger partial charge in [0.25, 0.3) is 0 Å². The molecule has 0 atom stereocenters. The van der Waals surface area contributed by atoms with Crippen molar-refractivity contribution in [3.05, 3.63) is 188 Å². The van der Waals surface area contributed by atoms with Crippen molar-refractivity contribution in [3.8, 4) is 67.5 Å². The average molecular weight is 734 g/mol. The number of nitrogens with zero attached hydrogens (tertiary/aromatic N) is 3. The molecule has 0 N–H and O–H groups in total. The first kappa shape index (κ1) is 32.2. The van der Waals surface area contributed by atoms with E-state index in [1.807, 2.05) is 72.0 Å². The van der Waals surface area contributed by atoms with Crippen LogP contribution in [0.4, 0.5) is 0 Å². The van der Waals surface area contributed by atoms with Gasteiger partial charge in [0.05, 0.1) is 0 Å². The summed E-state index contributed by atoms with van der Waals surface area (Å²) in [4.78, 5) is 14.9. The molecule has 0 spiro atoms. The second-order valence-corrected chi connectivity index (χ2v) is 15.0. The predicted octanol–water partition coefficient (Wildman–Crippen LogP) is 14.1. The quantitative estimate of drug-likeness (QED) is 0.171. The first-order chi connectivity index (χ1) is 27.7. The van der Waals surface area contributed by atoms with Gasteiger partial charge >= 0.3 is 0 Å². The zero-order chi connectivity index (χ0) is 37.0.